The predicted molar refractivity (Wildman–Crippen MR) is 79.8 cm³/mol. The largest absolute Gasteiger partial charge is 0.370 e. The van der Waals surface area contributed by atoms with E-state index in [4.69, 9.17) is 16.3 Å². The molecule has 1 aliphatic heterocycles. The smallest absolute Gasteiger partial charge is 0.254 e. The van der Waals surface area contributed by atoms with Gasteiger partial charge >= 0.3 is 0 Å². The van der Waals surface area contributed by atoms with Gasteiger partial charge in [-0.3, -0.25) is 4.79 Å². The first-order valence-corrected chi connectivity index (χ1v) is 7.60. The third-order valence-corrected chi connectivity index (χ3v) is 3.88. The van der Waals surface area contributed by atoms with Crippen molar-refractivity contribution < 1.29 is 9.53 Å². The van der Waals surface area contributed by atoms with Gasteiger partial charge in [-0.2, -0.15) is 0 Å². The first kappa shape index (κ1) is 14.8. The van der Waals surface area contributed by atoms with Crippen molar-refractivity contribution in [2.45, 2.75) is 26.1 Å². The van der Waals surface area contributed by atoms with Crippen molar-refractivity contribution in [1.82, 2.24) is 4.90 Å². The molecular formula is C14H17BrClNO2. The summed E-state index contributed by atoms with van der Waals surface area (Å²) in [5.41, 5.74) is 1.77. The molecule has 104 valence electrons. The lowest BCUT2D eigenvalue weighted by atomic mass is 10.1. The topological polar surface area (TPSA) is 29.5 Å². The number of halogens is 2. The first-order chi connectivity index (χ1) is 8.99. The fraction of sp³-hybridized carbons (Fsp3) is 0.500. The van der Waals surface area contributed by atoms with Gasteiger partial charge in [0.25, 0.3) is 5.91 Å². The third-order valence-electron chi connectivity index (χ3n) is 3.07. The van der Waals surface area contributed by atoms with Crippen LogP contribution in [0.5, 0.6) is 0 Å². The monoisotopic (exact) mass is 345 g/mol. The van der Waals surface area contributed by atoms with Crippen molar-refractivity contribution in [2.24, 2.45) is 0 Å². The Morgan fingerprint density at radius 3 is 2.84 bits per heavy atom. The zero-order valence-electron chi connectivity index (χ0n) is 11.0. The van der Waals surface area contributed by atoms with E-state index in [2.05, 4.69) is 15.9 Å². The quantitative estimate of drug-likeness (QED) is 0.770. The fourth-order valence-corrected chi connectivity index (χ4v) is 3.12. The van der Waals surface area contributed by atoms with E-state index < -0.39 is 0 Å². The maximum Gasteiger partial charge on any atom is 0.254 e. The molecule has 3 nitrogen and oxygen atoms in total. The van der Waals surface area contributed by atoms with Crippen molar-refractivity contribution in [3.8, 4) is 0 Å². The van der Waals surface area contributed by atoms with Gasteiger partial charge in [0.05, 0.1) is 18.1 Å². The van der Waals surface area contributed by atoms with E-state index in [1.54, 1.807) is 0 Å². The van der Waals surface area contributed by atoms with Crippen LogP contribution in [0.3, 0.4) is 0 Å². The number of hydrogen-bond acceptors (Lipinski definition) is 2. The second-order valence-electron chi connectivity index (χ2n) is 4.95. The number of rotatable bonds is 2. The molecule has 5 heteroatoms. The average molecular weight is 347 g/mol. The molecule has 0 saturated carbocycles. The Morgan fingerprint density at radius 1 is 1.47 bits per heavy atom. The van der Waals surface area contributed by atoms with Gasteiger partial charge in [0.1, 0.15) is 0 Å². The Kier molecular flexibility index (Phi) is 4.87. The molecular weight excluding hydrogens is 330 g/mol. The van der Waals surface area contributed by atoms with Gasteiger partial charge in [-0.25, -0.2) is 0 Å². The minimum atomic E-state index is -0.0809. The van der Waals surface area contributed by atoms with Gasteiger partial charge in [0.2, 0.25) is 0 Å². The number of morpholine rings is 1. The number of benzene rings is 1. The van der Waals surface area contributed by atoms with Gasteiger partial charge < -0.3 is 9.64 Å². The molecule has 0 N–H and O–H groups in total. The standard InChI is InChI=1S/C14H17BrClNO2/c1-9-3-11(5-12(15)4-9)14(18)17-7-10(2)19-13(6-16)8-17/h3-5,10,13H,6-8H2,1-2H3. The van der Waals surface area contributed by atoms with E-state index in [1.165, 1.54) is 0 Å². The molecule has 0 spiro atoms. The van der Waals surface area contributed by atoms with Crippen LogP contribution < -0.4 is 0 Å². The first-order valence-electron chi connectivity index (χ1n) is 6.27. The van der Waals surface area contributed by atoms with Crippen molar-refractivity contribution in [2.75, 3.05) is 19.0 Å². The molecule has 2 atom stereocenters. The third kappa shape index (κ3) is 3.71. The Bertz CT molecular complexity index is 460. The number of nitrogens with zero attached hydrogens (tertiary/aromatic N) is 1. The normalized spacial score (nSPS) is 23.5. The Morgan fingerprint density at radius 2 is 2.21 bits per heavy atom. The van der Waals surface area contributed by atoms with Gasteiger partial charge in [-0.1, -0.05) is 15.9 Å². The molecule has 1 aromatic rings. The van der Waals surface area contributed by atoms with E-state index in [1.807, 2.05) is 36.9 Å². The maximum absolute atomic E-state index is 12.5. The van der Waals surface area contributed by atoms with Crippen molar-refractivity contribution >= 4 is 33.4 Å². The molecule has 1 saturated heterocycles. The van der Waals surface area contributed by atoms with Crippen LogP contribution in [0.2, 0.25) is 0 Å². The van der Waals surface area contributed by atoms with Crippen molar-refractivity contribution in [1.29, 1.82) is 0 Å². The highest BCUT2D eigenvalue weighted by atomic mass is 79.9. The Hall–Kier alpha value is -0.580. The zero-order chi connectivity index (χ0) is 14.0. The van der Waals surface area contributed by atoms with Crippen LogP contribution >= 0.6 is 27.5 Å². The molecule has 1 aliphatic rings. The van der Waals surface area contributed by atoms with Crippen molar-refractivity contribution in [3.05, 3.63) is 33.8 Å². The van der Waals surface area contributed by atoms with Gasteiger partial charge in [0, 0.05) is 23.1 Å². The molecule has 0 aromatic heterocycles. The molecule has 2 unspecified atom stereocenters. The average Bonchev–Trinajstić information content (AvgIpc) is 2.35. The molecule has 0 radical (unpaired) electrons. The summed E-state index contributed by atoms with van der Waals surface area (Å²) in [4.78, 5) is 14.3. The highest BCUT2D eigenvalue weighted by Crippen LogP contribution is 2.19. The highest BCUT2D eigenvalue weighted by Gasteiger charge is 2.28. The Balaban J connectivity index is 2.18. The summed E-state index contributed by atoms with van der Waals surface area (Å²) in [5.74, 6) is 0.445. The van der Waals surface area contributed by atoms with Gasteiger partial charge in [-0.15, -0.1) is 11.6 Å². The van der Waals surface area contributed by atoms with Gasteiger partial charge in [-0.05, 0) is 37.6 Å². The summed E-state index contributed by atoms with van der Waals surface area (Å²) in [6.45, 7) is 5.10. The van der Waals surface area contributed by atoms with E-state index in [-0.39, 0.29) is 18.1 Å². The molecule has 2 rings (SSSR count). The second kappa shape index (κ2) is 6.25. The summed E-state index contributed by atoms with van der Waals surface area (Å²) >= 11 is 9.27. The van der Waals surface area contributed by atoms with E-state index >= 15 is 0 Å². The Labute approximate surface area is 127 Å². The molecule has 1 heterocycles. The van der Waals surface area contributed by atoms with Crippen LogP contribution in [0.4, 0.5) is 0 Å². The summed E-state index contributed by atoms with van der Waals surface area (Å²) in [6, 6.07) is 5.74. The molecule has 0 bridgehead atoms. The summed E-state index contributed by atoms with van der Waals surface area (Å²) in [5, 5.41) is 0. The van der Waals surface area contributed by atoms with Crippen LogP contribution in [0.15, 0.2) is 22.7 Å². The van der Waals surface area contributed by atoms with Crippen LogP contribution in [-0.4, -0.2) is 42.0 Å². The second-order valence-corrected chi connectivity index (χ2v) is 6.17. The molecule has 1 amide bonds. The number of alkyl halides is 1. The van der Waals surface area contributed by atoms with Crippen LogP contribution in [0.25, 0.3) is 0 Å². The maximum atomic E-state index is 12.5. The van der Waals surface area contributed by atoms with E-state index in [0.717, 1.165) is 10.0 Å². The van der Waals surface area contributed by atoms with Gasteiger partial charge in [0.15, 0.2) is 0 Å². The lowest BCUT2D eigenvalue weighted by molar-refractivity contribution is -0.0570. The number of carbonyl (C=O) groups is 1. The molecule has 1 fully saturated rings. The number of aryl methyl sites for hydroxylation is 1. The number of carbonyl (C=O) groups excluding carboxylic acids is 1. The summed E-state index contributed by atoms with van der Waals surface area (Å²) < 4.78 is 6.59. The fourth-order valence-electron chi connectivity index (χ4n) is 2.34. The number of hydrogen-bond donors (Lipinski definition) is 0. The van der Waals surface area contributed by atoms with Crippen LogP contribution in [-0.2, 0) is 4.74 Å². The molecule has 0 aliphatic carbocycles. The number of ether oxygens (including phenoxy) is 1. The summed E-state index contributed by atoms with van der Waals surface area (Å²) in [6.07, 6.45) is -0.0580. The minimum Gasteiger partial charge on any atom is -0.370 e. The lowest BCUT2D eigenvalue weighted by Gasteiger charge is -2.36. The van der Waals surface area contributed by atoms with Crippen molar-refractivity contribution in [3.63, 3.8) is 0 Å². The predicted octanol–water partition coefficient (Wildman–Crippen LogP) is 3.23. The highest BCUT2D eigenvalue weighted by molar-refractivity contribution is 9.10. The molecule has 19 heavy (non-hydrogen) atoms. The van der Waals surface area contributed by atoms with E-state index in [9.17, 15) is 4.79 Å². The number of amides is 1. The minimum absolute atomic E-state index is 0.0229. The summed E-state index contributed by atoms with van der Waals surface area (Å²) in [7, 11) is 0. The SMILES string of the molecule is Cc1cc(Br)cc(C(=O)N2CC(C)OC(CCl)C2)c1. The van der Waals surface area contributed by atoms with Crippen LogP contribution in [0.1, 0.15) is 22.8 Å². The van der Waals surface area contributed by atoms with Crippen LogP contribution in [0, 0.1) is 6.92 Å². The van der Waals surface area contributed by atoms with E-state index in [0.29, 0.717) is 24.5 Å². The lowest BCUT2D eigenvalue weighted by Crippen LogP contribution is -2.49. The molecule has 1 aromatic carbocycles. The zero-order valence-corrected chi connectivity index (χ0v) is 13.4.